The summed E-state index contributed by atoms with van der Waals surface area (Å²) in [6.07, 6.45) is 4.75. The van der Waals surface area contributed by atoms with Gasteiger partial charge in [-0.25, -0.2) is 13.2 Å². The molecule has 2 aliphatic heterocycles. The van der Waals surface area contributed by atoms with Crippen molar-refractivity contribution in [1.29, 1.82) is 0 Å². The molecule has 0 radical (unpaired) electrons. The second-order valence-electron chi connectivity index (χ2n) is 6.91. The number of hydrogen-bond donors (Lipinski definition) is 2. The molecule has 172 valence electrons. The van der Waals surface area contributed by atoms with E-state index in [1.165, 1.54) is 12.8 Å². The zero-order valence-electron chi connectivity index (χ0n) is 18.8. The van der Waals surface area contributed by atoms with Crippen LogP contribution in [0.2, 0.25) is 0 Å². The molecule has 31 heavy (non-hydrogen) atoms. The Bertz CT molecular complexity index is 591. The van der Waals surface area contributed by atoms with Gasteiger partial charge in [0.2, 0.25) is 0 Å². The van der Waals surface area contributed by atoms with Crippen LogP contribution in [-0.2, 0) is 30.3 Å². The third-order valence-electron chi connectivity index (χ3n) is 4.28. The van der Waals surface area contributed by atoms with E-state index in [9.17, 15) is 10.2 Å². The molecule has 0 unspecified atom stereocenters. The molecule has 2 N–H and O–H groups in total. The van der Waals surface area contributed by atoms with Crippen LogP contribution in [0.4, 0.5) is 0 Å². The molecule has 7 heteroatoms. The van der Waals surface area contributed by atoms with Gasteiger partial charge in [0.05, 0.1) is 0 Å². The molecule has 2 aromatic rings. The zero-order chi connectivity index (χ0) is 23.5. The first-order chi connectivity index (χ1) is 14.8. The van der Waals surface area contributed by atoms with Gasteiger partial charge in [0.15, 0.2) is 0 Å². The normalized spacial score (nSPS) is 13.6. The molecule has 0 aliphatic carbocycles. The van der Waals surface area contributed by atoms with E-state index in [0.29, 0.717) is 11.5 Å². The van der Waals surface area contributed by atoms with Crippen LogP contribution in [0.3, 0.4) is 0 Å². The second-order valence-corrected chi connectivity index (χ2v) is 10.6. The number of phenolic OH excluding ortho intramolecular Hbond substituents is 2. The van der Waals surface area contributed by atoms with E-state index >= 15 is 0 Å². The van der Waals surface area contributed by atoms with E-state index in [1.807, 2.05) is 77.3 Å². The monoisotopic (exact) mass is 546 g/mol. The number of rotatable bonds is 0. The number of phenols is 2. The van der Waals surface area contributed by atoms with E-state index in [0.717, 1.165) is 48.3 Å². The summed E-state index contributed by atoms with van der Waals surface area (Å²) in [7, 11) is 9.87. The van der Waals surface area contributed by atoms with Crippen LogP contribution < -0.4 is 0 Å². The summed E-state index contributed by atoms with van der Waals surface area (Å²) in [5.74, 6) is 0.829. The Balaban J connectivity index is 0.000000382. The van der Waals surface area contributed by atoms with E-state index < -0.39 is 20.8 Å². The summed E-state index contributed by atoms with van der Waals surface area (Å²) in [6.45, 7) is 13.2. The summed E-state index contributed by atoms with van der Waals surface area (Å²) in [5, 5.41) is 18.4. The molecule has 2 aromatic carbocycles. The van der Waals surface area contributed by atoms with Crippen molar-refractivity contribution in [2.24, 2.45) is 0 Å². The quantitative estimate of drug-likeness (QED) is 0.339. The molecule has 2 fully saturated rings. The van der Waals surface area contributed by atoms with E-state index in [4.69, 9.17) is 26.5 Å². The summed E-state index contributed by atoms with van der Waals surface area (Å²) in [4.78, 5) is 0. The molecule has 4 rings (SSSR count). The third-order valence-corrected chi connectivity index (χ3v) is 4.28. The number of aromatic hydroxyl groups is 2. The number of benzene rings is 2. The van der Waals surface area contributed by atoms with Crippen LogP contribution in [0.25, 0.3) is 0 Å². The zero-order valence-corrected chi connectivity index (χ0v) is 22.8. The summed E-state index contributed by atoms with van der Waals surface area (Å²) in [6, 6.07) is 11.4. The van der Waals surface area contributed by atoms with Gasteiger partial charge in [-0.15, -0.1) is 0 Å². The molecule has 0 spiro atoms. The summed E-state index contributed by atoms with van der Waals surface area (Å²) >= 11 is -0.826. The molecular formula is C24H34Cl2O4Zr. The molecule has 0 aromatic heterocycles. The van der Waals surface area contributed by atoms with Crippen LogP contribution >= 0.6 is 17.0 Å². The van der Waals surface area contributed by atoms with Gasteiger partial charge in [-0.05, 0) is 49.9 Å². The fourth-order valence-corrected chi connectivity index (χ4v) is 2.44. The number of para-hydroxylation sites is 2. The number of hydrogen-bond acceptors (Lipinski definition) is 4. The molecule has 2 aliphatic rings. The fraction of sp³-hybridized carbons (Fsp3) is 0.417. The summed E-state index contributed by atoms with van der Waals surface area (Å²) in [5.41, 5.74) is 3.76. The van der Waals surface area contributed by atoms with Crippen LogP contribution in [0, 0.1) is 40.9 Å². The Hall–Kier alpha value is -0.577. The first kappa shape index (κ1) is 30.4. The van der Waals surface area contributed by atoms with E-state index in [2.05, 4.69) is 0 Å². The third kappa shape index (κ3) is 15.8. The van der Waals surface area contributed by atoms with Gasteiger partial charge in [0.1, 0.15) is 11.5 Å². The standard InChI is InChI=1S/2C8H10O.2C4H7O.2ClH.Zr/c2*1-6-4-3-5-7(2)8(6)9;2*1-2-4-5-3-1;;;/h2*3-5,9H,1-2H3;2*3H,1-2,4H2;2*1H;/q;;2*-1;;;+4/p-2. The van der Waals surface area contributed by atoms with Gasteiger partial charge >= 0.3 is 37.9 Å². The van der Waals surface area contributed by atoms with Crippen molar-refractivity contribution in [1.82, 2.24) is 0 Å². The first-order valence-electron chi connectivity index (χ1n) is 10.2. The first-order valence-corrected chi connectivity index (χ1v) is 16.5. The average Bonchev–Trinajstić information content (AvgIpc) is 3.50. The van der Waals surface area contributed by atoms with Gasteiger partial charge in [-0.3, -0.25) is 0 Å². The maximum absolute atomic E-state index is 9.21. The Morgan fingerprint density at radius 3 is 1.13 bits per heavy atom. The second kappa shape index (κ2) is 20.1. The van der Waals surface area contributed by atoms with Crippen molar-refractivity contribution >= 4 is 17.0 Å². The molecular weight excluding hydrogens is 514 g/mol. The van der Waals surface area contributed by atoms with Crippen LogP contribution in [-0.4, -0.2) is 23.4 Å². The Labute approximate surface area is 206 Å². The van der Waals surface area contributed by atoms with Gasteiger partial charge < -0.3 is 19.7 Å². The minimum atomic E-state index is -0.826. The predicted octanol–water partition coefficient (Wildman–Crippen LogP) is 7.31. The van der Waals surface area contributed by atoms with Crippen LogP contribution in [0.15, 0.2) is 36.4 Å². The van der Waals surface area contributed by atoms with Crippen molar-refractivity contribution in [2.75, 3.05) is 13.2 Å². The Morgan fingerprint density at radius 2 is 1.00 bits per heavy atom. The van der Waals surface area contributed by atoms with Gasteiger partial charge in [0.25, 0.3) is 0 Å². The predicted molar refractivity (Wildman–Crippen MR) is 126 cm³/mol. The Morgan fingerprint density at radius 1 is 0.710 bits per heavy atom. The molecule has 0 bridgehead atoms. The fourth-order valence-electron chi connectivity index (χ4n) is 2.44. The van der Waals surface area contributed by atoms with Crippen molar-refractivity contribution in [3.05, 3.63) is 71.9 Å². The van der Waals surface area contributed by atoms with Crippen LogP contribution in [0.1, 0.15) is 47.9 Å². The average molecular weight is 549 g/mol. The number of ether oxygens (including phenoxy) is 2. The number of halogens is 2. The van der Waals surface area contributed by atoms with Crippen molar-refractivity contribution in [3.63, 3.8) is 0 Å². The molecule has 2 heterocycles. The molecule has 4 nitrogen and oxygen atoms in total. The van der Waals surface area contributed by atoms with Crippen LogP contribution in [0.5, 0.6) is 11.5 Å². The van der Waals surface area contributed by atoms with E-state index in [-0.39, 0.29) is 0 Å². The van der Waals surface area contributed by atoms with Crippen molar-refractivity contribution in [3.8, 4) is 11.5 Å². The SMILES string of the molecule is Cc1cccc(C)c1O.Cc1cccc(C)c1O.[CH-]1CCCO1.[CH-]1CCCO1.[Cl][Zr+2][Cl]. The molecule has 2 saturated heterocycles. The Kier molecular flexibility index (Phi) is 19.7. The van der Waals surface area contributed by atoms with Gasteiger partial charge in [-0.1, -0.05) is 49.2 Å². The minimum absolute atomic E-state index is 0.414. The van der Waals surface area contributed by atoms with Gasteiger partial charge in [-0.2, -0.15) is 12.8 Å². The maximum atomic E-state index is 9.21. The van der Waals surface area contributed by atoms with E-state index in [1.54, 1.807) is 0 Å². The molecule has 0 atom stereocenters. The summed E-state index contributed by atoms with van der Waals surface area (Å²) < 4.78 is 9.64. The van der Waals surface area contributed by atoms with Crippen molar-refractivity contribution in [2.45, 2.75) is 53.4 Å². The van der Waals surface area contributed by atoms with Gasteiger partial charge in [0, 0.05) is 13.2 Å². The topological polar surface area (TPSA) is 58.9 Å². The number of aryl methyl sites for hydroxylation is 4. The molecule has 0 amide bonds. The molecule has 0 saturated carbocycles. The van der Waals surface area contributed by atoms with Crippen molar-refractivity contribution < 1.29 is 40.5 Å².